The molecular formula is C30H32N6OS. The average Bonchev–Trinajstić information content (AvgIpc) is 3.39. The van der Waals surface area contributed by atoms with Crippen LogP contribution in [-0.4, -0.2) is 37.0 Å². The monoisotopic (exact) mass is 524 g/mol. The first-order valence-corrected chi connectivity index (χ1v) is 13.2. The molecule has 1 amide bonds. The van der Waals surface area contributed by atoms with Gasteiger partial charge in [-0.3, -0.25) is 9.78 Å². The number of hydrogen-bond donors (Lipinski definition) is 2. The van der Waals surface area contributed by atoms with Crippen molar-refractivity contribution in [3.05, 3.63) is 107 Å². The molecule has 194 valence electrons. The fourth-order valence-corrected chi connectivity index (χ4v) is 5.59. The third-order valence-corrected chi connectivity index (χ3v) is 7.53. The Morgan fingerprint density at radius 1 is 0.974 bits per heavy atom. The average molecular weight is 525 g/mol. The minimum absolute atomic E-state index is 0.0447. The number of benzene rings is 1. The summed E-state index contributed by atoms with van der Waals surface area (Å²) in [5, 5.41) is 7.16. The summed E-state index contributed by atoms with van der Waals surface area (Å²) in [6, 6.07) is 19.7. The molecule has 5 rings (SSSR count). The predicted molar refractivity (Wildman–Crippen MR) is 154 cm³/mol. The van der Waals surface area contributed by atoms with Crippen LogP contribution in [0.15, 0.2) is 73.1 Å². The number of pyridine rings is 2. The number of carbonyl (C=O) groups is 1. The van der Waals surface area contributed by atoms with Gasteiger partial charge < -0.3 is 20.1 Å². The first kappa shape index (κ1) is 25.6. The van der Waals surface area contributed by atoms with Gasteiger partial charge in [0.15, 0.2) is 5.11 Å². The Morgan fingerprint density at radius 2 is 1.71 bits per heavy atom. The van der Waals surface area contributed by atoms with Crippen molar-refractivity contribution in [1.82, 2.24) is 24.8 Å². The molecule has 4 heterocycles. The Morgan fingerprint density at radius 3 is 2.45 bits per heavy atom. The summed E-state index contributed by atoms with van der Waals surface area (Å²) in [7, 11) is 0. The summed E-state index contributed by atoms with van der Waals surface area (Å²) >= 11 is 5.83. The first-order chi connectivity index (χ1) is 18.3. The number of rotatable bonds is 7. The number of anilines is 1. The fraction of sp³-hybridized carbons (Fsp3) is 0.267. The van der Waals surface area contributed by atoms with Crippen LogP contribution in [-0.2, 0) is 4.79 Å². The minimum Gasteiger partial charge on any atom is -0.352 e. The number of hydrogen-bond acceptors (Lipinski definition) is 4. The number of carbonyl (C=O) groups excluding carboxylic acids is 1. The summed E-state index contributed by atoms with van der Waals surface area (Å²) in [5.41, 5.74) is 7.19. The zero-order chi connectivity index (χ0) is 26.8. The molecule has 0 aliphatic carbocycles. The minimum atomic E-state index is -0.151. The van der Waals surface area contributed by atoms with Crippen LogP contribution in [0.1, 0.15) is 52.3 Å². The smallest absolute Gasteiger partial charge is 0.226 e. The molecule has 4 aromatic rings. The van der Waals surface area contributed by atoms with E-state index in [9.17, 15) is 4.79 Å². The number of aromatic nitrogens is 3. The van der Waals surface area contributed by atoms with Crippen LogP contribution in [0.4, 0.5) is 5.69 Å². The van der Waals surface area contributed by atoms with Crippen LogP contribution in [0.2, 0.25) is 0 Å². The van der Waals surface area contributed by atoms with Crippen molar-refractivity contribution in [3.63, 3.8) is 0 Å². The highest BCUT2D eigenvalue weighted by atomic mass is 32.1. The van der Waals surface area contributed by atoms with E-state index in [0.29, 0.717) is 18.1 Å². The van der Waals surface area contributed by atoms with Crippen LogP contribution < -0.4 is 10.6 Å². The third-order valence-electron chi connectivity index (χ3n) is 7.18. The molecule has 1 fully saturated rings. The van der Waals surface area contributed by atoms with Crippen LogP contribution in [0.25, 0.3) is 5.82 Å². The second kappa shape index (κ2) is 10.8. The molecule has 3 aromatic heterocycles. The Hall–Kier alpha value is -4.04. The van der Waals surface area contributed by atoms with E-state index in [-0.39, 0.29) is 18.0 Å². The molecule has 1 saturated heterocycles. The molecule has 2 atom stereocenters. The molecule has 0 unspecified atom stereocenters. The fourth-order valence-electron chi connectivity index (χ4n) is 5.26. The maximum Gasteiger partial charge on any atom is 0.226 e. The highest BCUT2D eigenvalue weighted by molar-refractivity contribution is 7.80. The Labute approximate surface area is 228 Å². The number of amides is 1. The molecule has 0 bridgehead atoms. The predicted octanol–water partition coefficient (Wildman–Crippen LogP) is 5.50. The van der Waals surface area contributed by atoms with E-state index in [0.717, 1.165) is 45.3 Å². The van der Waals surface area contributed by atoms with Crippen molar-refractivity contribution in [1.29, 1.82) is 0 Å². The molecule has 38 heavy (non-hydrogen) atoms. The van der Waals surface area contributed by atoms with E-state index < -0.39 is 0 Å². The van der Waals surface area contributed by atoms with Gasteiger partial charge in [-0.15, -0.1) is 0 Å². The molecular weight excluding hydrogens is 492 g/mol. The molecule has 0 spiro atoms. The van der Waals surface area contributed by atoms with E-state index in [4.69, 9.17) is 12.2 Å². The molecule has 7 nitrogen and oxygen atoms in total. The van der Waals surface area contributed by atoms with Gasteiger partial charge >= 0.3 is 0 Å². The van der Waals surface area contributed by atoms with Crippen molar-refractivity contribution in [3.8, 4) is 5.82 Å². The zero-order valence-electron chi connectivity index (χ0n) is 22.1. The molecule has 0 radical (unpaired) electrons. The normalized spacial score (nSPS) is 16.9. The lowest BCUT2D eigenvalue weighted by Gasteiger charge is -2.28. The lowest BCUT2D eigenvalue weighted by atomic mass is 9.96. The number of nitrogens with one attached hydrogen (secondary N) is 2. The molecule has 8 heteroatoms. The van der Waals surface area contributed by atoms with E-state index in [2.05, 4.69) is 63.0 Å². The van der Waals surface area contributed by atoms with Gasteiger partial charge in [-0.25, -0.2) is 4.98 Å². The van der Waals surface area contributed by atoms with E-state index in [1.165, 1.54) is 0 Å². The molecule has 2 N–H and O–H groups in total. The Bertz CT molecular complexity index is 1480. The zero-order valence-corrected chi connectivity index (χ0v) is 22.9. The molecule has 1 aliphatic rings. The Kier molecular flexibility index (Phi) is 7.24. The van der Waals surface area contributed by atoms with E-state index >= 15 is 0 Å². The van der Waals surface area contributed by atoms with Gasteiger partial charge in [-0.1, -0.05) is 30.3 Å². The maximum atomic E-state index is 12.9. The van der Waals surface area contributed by atoms with Gasteiger partial charge in [0, 0.05) is 42.4 Å². The van der Waals surface area contributed by atoms with Gasteiger partial charge in [-0.2, -0.15) is 0 Å². The van der Waals surface area contributed by atoms with Crippen LogP contribution >= 0.6 is 12.2 Å². The highest BCUT2D eigenvalue weighted by Crippen LogP contribution is 2.41. The lowest BCUT2D eigenvalue weighted by Crippen LogP contribution is -2.33. The van der Waals surface area contributed by atoms with Gasteiger partial charge in [0.25, 0.3) is 0 Å². The Balaban J connectivity index is 1.48. The largest absolute Gasteiger partial charge is 0.352 e. The van der Waals surface area contributed by atoms with E-state index in [1.807, 2.05) is 61.7 Å². The second-order valence-corrected chi connectivity index (χ2v) is 10.1. The van der Waals surface area contributed by atoms with Crippen LogP contribution in [0.5, 0.6) is 0 Å². The van der Waals surface area contributed by atoms with Crippen LogP contribution in [0.3, 0.4) is 0 Å². The van der Waals surface area contributed by atoms with Crippen molar-refractivity contribution in [2.45, 2.75) is 46.2 Å². The number of aryl methyl sites for hydroxylation is 3. The van der Waals surface area contributed by atoms with Crippen LogP contribution in [0, 0.1) is 27.7 Å². The third kappa shape index (κ3) is 4.91. The molecule has 0 saturated carbocycles. The van der Waals surface area contributed by atoms with Gasteiger partial charge in [0.1, 0.15) is 5.82 Å². The molecule has 1 aliphatic heterocycles. The second-order valence-electron chi connectivity index (χ2n) is 9.74. The van der Waals surface area contributed by atoms with E-state index in [1.54, 1.807) is 6.20 Å². The van der Waals surface area contributed by atoms with Crippen molar-refractivity contribution < 1.29 is 4.79 Å². The van der Waals surface area contributed by atoms with Crippen molar-refractivity contribution in [2.24, 2.45) is 0 Å². The topological polar surface area (TPSA) is 75.1 Å². The standard InChI is InChI=1S/C30H32N6OS/c1-19-10-5-6-12-24(19)33-26(37)14-17-35-28(27(34-30(35)38)25-13-7-8-15-31-25)23-18-21(3)36(22(23)4)29-20(2)11-9-16-32-29/h5-13,15-16,18,27-28H,14,17H2,1-4H3,(H,33,37)(H,34,38)/t27-,28+/m1/s1. The summed E-state index contributed by atoms with van der Waals surface area (Å²) < 4.78 is 2.20. The maximum absolute atomic E-state index is 12.9. The SMILES string of the molecule is Cc1ccccc1NC(=O)CCN1C(=S)N[C@H](c2ccccn2)[C@@H]1c1cc(C)n(-c2ncccc2C)c1C. The number of thiocarbonyl (C=S) groups is 1. The lowest BCUT2D eigenvalue weighted by molar-refractivity contribution is -0.116. The number of para-hydroxylation sites is 1. The van der Waals surface area contributed by atoms with Gasteiger partial charge in [0.05, 0.1) is 17.8 Å². The highest BCUT2D eigenvalue weighted by Gasteiger charge is 2.41. The quantitative estimate of drug-likeness (QED) is 0.311. The van der Waals surface area contributed by atoms with Gasteiger partial charge in [-0.05, 0) is 86.9 Å². The first-order valence-electron chi connectivity index (χ1n) is 12.8. The van der Waals surface area contributed by atoms with Crippen molar-refractivity contribution >= 4 is 28.9 Å². The molecule has 1 aromatic carbocycles. The summed E-state index contributed by atoms with van der Waals surface area (Å²) in [5.74, 6) is 0.873. The van der Waals surface area contributed by atoms with Gasteiger partial charge in [0.2, 0.25) is 5.91 Å². The number of nitrogens with zero attached hydrogens (tertiary/aromatic N) is 4. The van der Waals surface area contributed by atoms with Crippen molar-refractivity contribution in [2.75, 3.05) is 11.9 Å². The summed E-state index contributed by atoms with van der Waals surface area (Å²) in [6.07, 6.45) is 3.93. The summed E-state index contributed by atoms with van der Waals surface area (Å²) in [4.78, 5) is 24.4. The summed E-state index contributed by atoms with van der Waals surface area (Å²) in [6.45, 7) is 8.76.